The summed E-state index contributed by atoms with van der Waals surface area (Å²) in [5.41, 5.74) is 1.53. The van der Waals surface area contributed by atoms with Gasteiger partial charge in [-0.15, -0.1) is 0 Å². The summed E-state index contributed by atoms with van der Waals surface area (Å²) in [5, 5.41) is 3.48. The Morgan fingerprint density at radius 3 is 2.77 bits per heavy atom. The first-order valence-electron chi connectivity index (χ1n) is 8.87. The van der Waals surface area contributed by atoms with Crippen LogP contribution in [-0.4, -0.2) is 54.0 Å². The molecule has 136 valence electrons. The van der Waals surface area contributed by atoms with Gasteiger partial charge in [-0.25, -0.2) is 9.97 Å². The van der Waals surface area contributed by atoms with Crippen LogP contribution < -0.4 is 10.2 Å². The number of hydrogen-bond acceptors (Lipinski definition) is 5. The molecule has 0 radical (unpaired) electrons. The first-order chi connectivity index (χ1) is 12.6. The van der Waals surface area contributed by atoms with Crippen molar-refractivity contribution in [2.75, 3.05) is 43.4 Å². The minimum Gasteiger partial charge on any atom is -0.369 e. The highest BCUT2D eigenvalue weighted by molar-refractivity contribution is 9.10. The molecule has 1 aliphatic carbocycles. The normalized spacial score (nSPS) is 18.8. The van der Waals surface area contributed by atoms with Crippen molar-refractivity contribution >= 4 is 33.5 Å². The molecule has 1 N–H and O–H groups in total. The lowest BCUT2D eigenvalue weighted by Gasteiger charge is -2.32. The van der Waals surface area contributed by atoms with Crippen molar-refractivity contribution in [2.24, 2.45) is 0 Å². The quantitative estimate of drug-likeness (QED) is 0.812. The largest absolute Gasteiger partial charge is 0.369 e. The molecule has 0 bridgehead atoms. The van der Waals surface area contributed by atoms with Gasteiger partial charge < -0.3 is 15.1 Å². The predicted octanol–water partition coefficient (Wildman–Crippen LogP) is 2.66. The van der Waals surface area contributed by atoms with Crippen molar-refractivity contribution in [3.63, 3.8) is 0 Å². The maximum Gasteiger partial charge on any atom is 0.241 e. The van der Waals surface area contributed by atoms with Crippen LogP contribution in [-0.2, 0) is 10.2 Å². The summed E-state index contributed by atoms with van der Waals surface area (Å²) < 4.78 is 1.17. The molecule has 0 unspecified atom stereocenters. The average Bonchev–Trinajstić information content (AvgIpc) is 3.44. The zero-order valence-electron chi connectivity index (χ0n) is 14.8. The molecule has 1 amide bonds. The van der Waals surface area contributed by atoms with E-state index in [4.69, 9.17) is 0 Å². The summed E-state index contributed by atoms with van der Waals surface area (Å²) in [4.78, 5) is 24.4. The van der Waals surface area contributed by atoms with E-state index in [9.17, 15) is 4.79 Å². The van der Waals surface area contributed by atoms with Crippen LogP contribution in [0.15, 0.2) is 41.1 Å². The molecule has 26 heavy (non-hydrogen) atoms. The Labute approximate surface area is 161 Å². The van der Waals surface area contributed by atoms with Crippen LogP contribution in [0.4, 0.5) is 11.6 Å². The summed E-state index contributed by atoms with van der Waals surface area (Å²) in [7, 11) is 1.84. The zero-order valence-corrected chi connectivity index (χ0v) is 16.4. The van der Waals surface area contributed by atoms with E-state index in [0.717, 1.165) is 31.3 Å². The SMILES string of the molecule is CN1CCN(c2cc(NCC3(c4ccccc4Br)CC3)ncn2)CC1=O. The number of hydrogen-bond donors (Lipinski definition) is 1. The number of halogens is 1. The van der Waals surface area contributed by atoms with Gasteiger partial charge in [0.1, 0.15) is 18.0 Å². The van der Waals surface area contributed by atoms with E-state index < -0.39 is 0 Å². The number of rotatable bonds is 5. The summed E-state index contributed by atoms with van der Waals surface area (Å²) in [6.07, 6.45) is 3.92. The number of nitrogens with one attached hydrogen (secondary N) is 1. The lowest BCUT2D eigenvalue weighted by Crippen LogP contribution is -2.48. The van der Waals surface area contributed by atoms with Crippen LogP contribution in [0.2, 0.25) is 0 Å². The van der Waals surface area contributed by atoms with Crippen molar-refractivity contribution < 1.29 is 4.79 Å². The van der Waals surface area contributed by atoms with Crippen molar-refractivity contribution in [2.45, 2.75) is 18.3 Å². The van der Waals surface area contributed by atoms with Crippen LogP contribution in [0.5, 0.6) is 0 Å². The Morgan fingerprint density at radius 1 is 1.23 bits per heavy atom. The van der Waals surface area contributed by atoms with E-state index in [2.05, 4.69) is 49.4 Å². The van der Waals surface area contributed by atoms with Crippen LogP contribution >= 0.6 is 15.9 Å². The summed E-state index contributed by atoms with van der Waals surface area (Å²) in [5.74, 6) is 1.73. The first-order valence-corrected chi connectivity index (χ1v) is 9.67. The smallest absolute Gasteiger partial charge is 0.241 e. The maximum absolute atomic E-state index is 11.9. The molecule has 1 aromatic carbocycles. The molecule has 1 saturated heterocycles. The molecule has 1 saturated carbocycles. The van der Waals surface area contributed by atoms with E-state index in [1.165, 1.54) is 22.9 Å². The Kier molecular flexibility index (Phi) is 4.56. The lowest BCUT2D eigenvalue weighted by molar-refractivity contribution is -0.129. The topological polar surface area (TPSA) is 61.4 Å². The molecule has 2 heterocycles. The molecular weight excluding hydrogens is 394 g/mol. The van der Waals surface area contributed by atoms with Crippen molar-refractivity contribution in [3.8, 4) is 0 Å². The zero-order chi connectivity index (χ0) is 18.1. The standard InChI is InChI=1S/C19H22BrN5O/c1-24-8-9-25(11-18(24)26)17-10-16(22-13-23-17)21-12-19(6-7-19)14-4-2-3-5-15(14)20/h2-5,10,13H,6-9,11-12H2,1H3,(H,21,22,23). The number of carbonyl (C=O) groups is 1. The number of likely N-dealkylation sites (N-methyl/N-ethyl adjacent to an activating group) is 1. The van der Waals surface area contributed by atoms with Crippen molar-refractivity contribution in [3.05, 3.63) is 46.7 Å². The number of benzene rings is 1. The van der Waals surface area contributed by atoms with Gasteiger partial charge in [0.25, 0.3) is 0 Å². The minimum absolute atomic E-state index is 0.121. The third-order valence-electron chi connectivity index (χ3n) is 5.34. The molecule has 2 aromatic rings. The fraction of sp³-hybridized carbons (Fsp3) is 0.421. The molecular formula is C19H22BrN5O. The number of amides is 1. The van der Waals surface area contributed by atoms with Gasteiger partial charge in [0.2, 0.25) is 5.91 Å². The third-order valence-corrected chi connectivity index (χ3v) is 6.03. The van der Waals surface area contributed by atoms with Crippen LogP contribution in [0.3, 0.4) is 0 Å². The van der Waals surface area contributed by atoms with Crippen LogP contribution in [0, 0.1) is 0 Å². The van der Waals surface area contributed by atoms with Gasteiger partial charge in [-0.2, -0.15) is 0 Å². The molecule has 2 fully saturated rings. The second kappa shape index (κ2) is 6.87. The maximum atomic E-state index is 11.9. The highest BCUT2D eigenvalue weighted by atomic mass is 79.9. The Hall–Kier alpha value is -2.15. The molecule has 6 nitrogen and oxygen atoms in total. The highest BCUT2D eigenvalue weighted by Crippen LogP contribution is 2.50. The number of nitrogens with zero attached hydrogens (tertiary/aromatic N) is 4. The van der Waals surface area contributed by atoms with Crippen LogP contribution in [0.1, 0.15) is 18.4 Å². The molecule has 0 spiro atoms. The molecule has 0 atom stereocenters. The van der Waals surface area contributed by atoms with Crippen molar-refractivity contribution in [1.82, 2.24) is 14.9 Å². The Morgan fingerprint density at radius 2 is 2.04 bits per heavy atom. The third kappa shape index (κ3) is 3.40. The Balaban J connectivity index is 1.45. The second-order valence-corrected chi connectivity index (χ2v) is 7.97. The van der Waals surface area contributed by atoms with Gasteiger partial charge >= 0.3 is 0 Å². The summed E-state index contributed by atoms with van der Waals surface area (Å²) in [6.45, 7) is 2.72. The predicted molar refractivity (Wildman–Crippen MR) is 105 cm³/mol. The second-order valence-electron chi connectivity index (χ2n) is 7.11. The number of anilines is 2. The molecule has 2 aliphatic rings. The molecule has 1 aromatic heterocycles. The van der Waals surface area contributed by atoms with Gasteiger partial charge in [-0.05, 0) is 24.5 Å². The Bertz CT molecular complexity index is 823. The lowest BCUT2D eigenvalue weighted by atomic mass is 9.96. The first kappa shape index (κ1) is 17.3. The van der Waals surface area contributed by atoms with Gasteiger partial charge in [0.05, 0.1) is 6.54 Å². The molecule has 4 rings (SSSR count). The summed E-state index contributed by atoms with van der Waals surface area (Å²) in [6, 6.07) is 10.4. The molecule has 1 aliphatic heterocycles. The van der Waals surface area contributed by atoms with E-state index in [0.29, 0.717) is 6.54 Å². The van der Waals surface area contributed by atoms with Crippen molar-refractivity contribution in [1.29, 1.82) is 0 Å². The van der Waals surface area contributed by atoms with E-state index in [1.54, 1.807) is 11.2 Å². The number of aromatic nitrogens is 2. The van der Waals surface area contributed by atoms with E-state index in [1.807, 2.05) is 24.1 Å². The highest BCUT2D eigenvalue weighted by Gasteiger charge is 2.45. The number of carbonyl (C=O) groups excluding carboxylic acids is 1. The number of piperazine rings is 1. The summed E-state index contributed by atoms with van der Waals surface area (Å²) >= 11 is 3.68. The van der Waals surface area contributed by atoms with Crippen LogP contribution in [0.25, 0.3) is 0 Å². The minimum atomic E-state index is 0.121. The van der Waals surface area contributed by atoms with E-state index >= 15 is 0 Å². The monoisotopic (exact) mass is 415 g/mol. The van der Waals surface area contributed by atoms with Gasteiger partial charge in [-0.1, -0.05) is 34.1 Å². The van der Waals surface area contributed by atoms with Gasteiger partial charge in [0, 0.05) is 42.6 Å². The molecule has 7 heteroatoms. The fourth-order valence-electron chi connectivity index (χ4n) is 3.41. The van der Waals surface area contributed by atoms with E-state index in [-0.39, 0.29) is 11.3 Å². The average molecular weight is 416 g/mol. The van der Waals surface area contributed by atoms with Gasteiger partial charge in [-0.3, -0.25) is 4.79 Å². The van der Waals surface area contributed by atoms with Gasteiger partial charge in [0.15, 0.2) is 0 Å². The fourth-order valence-corrected chi connectivity index (χ4v) is 4.12.